The molecular formula is C15H19N3O. The Kier molecular flexibility index (Phi) is 3.69. The number of anilines is 1. The summed E-state index contributed by atoms with van der Waals surface area (Å²) < 4.78 is 0. The molecule has 0 unspecified atom stereocenters. The Morgan fingerprint density at radius 1 is 1.32 bits per heavy atom. The fourth-order valence-corrected chi connectivity index (χ4v) is 1.91. The van der Waals surface area contributed by atoms with Crippen LogP contribution in [0.25, 0.3) is 10.8 Å². The van der Waals surface area contributed by atoms with Crippen molar-refractivity contribution in [3.05, 3.63) is 36.0 Å². The molecule has 0 aliphatic rings. The van der Waals surface area contributed by atoms with Gasteiger partial charge in [-0.25, -0.2) is 4.98 Å². The number of benzene rings is 1. The van der Waals surface area contributed by atoms with E-state index in [1.807, 2.05) is 51.2 Å². The van der Waals surface area contributed by atoms with Gasteiger partial charge in [-0.2, -0.15) is 0 Å². The summed E-state index contributed by atoms with van der Waals surface area (Å²) >= 11 is 0. The van der Waals surface area contributed by atoms with Crippen molar-refractivity contribution in [2.75, 3.05) is 19.4 Å². The summed E-state index contributed by atoms with van der Waals surface area (Å²) in [5.41, 5.74) is 0.472. The maximum atomic E-state index is 12.3. The molecule has 0 spiro atoms. The van der Waals surface area contributed by atoms with Gasteiger partial charge in [0.2, 0.25) is 0 Å². The maximum Gasteiger partial charge on any atom is 0.272 e. The van der Waals surface area contributed by atoms with Gasteiger partial charge in [-0.15, -0.1) is 0 Å². The quantitative estimate of drug-likeness (QED) is 0.919. The zero-order valence-electron chi connectivity index (χ0n) is 11.8. The van der Waals surface area contributed by atoms with Gasteiger partial charge in [0.1, 0.15) is 11.5 Å². The first-order chi connectivity index (χ1) is 9.04. The van der Waals surface area contributed by atoms with Crippen molar-refractivity contribution in [2.24, 2.45) is 0 Å². The van der Waals surface area contributed by atoms with Gasteiger partial charge >= 0.3 is 0 Å². The van der Waals surface area contributed by atoms with E-state index in [1.165, 1.54) is 0 Å². The Balaban J connectivity index is 2.53. The van der Waals surface area contributed by atoms with Crippen LogP contribution in [0.3, 0.4) is 0 Å². The predicted molar refractivity (Wildman–Crippen MR) is 78.5 cm³/mol. The number of hydrogen-bond acceptors (Lipinski definition) is 3. The highest BCUT2D eigenvalue weighted by atomic mass is 16.2. The second-order valence-corrected chi connectivity index (χ2v) is 4.84. The van der Waals surface area contributed by atoms with Gasteiger partial charge in [-0.3, -0.25) is 4.79 Å². The Hall–Kier alpha value is -2.10. The lowest BCUT2D eigenvalue weighted by Gasteiger charge is -2.21. The highest BCUT2D eigenvalue weighted by Crippen LogP contribution is 2.22. The molecule has 100 valence electrons. The molecule has 1 amide bonds. The number of carbonyl (C=O) groups excluding carboxylic acids is 1. The van der Waals surface area contributed by atoms with E-state index in [2.05, 4.69) is 10.3 Å². The summed E-state index contributed by atoms with van der Waals surface area (Å²) in [6, 6.07) is 9.91. The van der Waals surface area contributed by atoms with Crippen LogP contribution in [0, 0.1) is 0 Å². The summed E-state index contributed by atoms with van der Waals surface area (Å²) in [5, 5.41) is 5.09. The topological polar surface area (TPSA) is 45.2 Å². The zero-order valence-corrected chi connectivity index (χ0v) is 11.8. The molecule has 1 N–H and O–H groups in total. The van der Waals surface area contributed by atoms with Gasteiger partial charge in [-0.05, 0) is 25.3 Å². The van der Waals surface area contributed by atoms with Gasteiger partial charge in [0.05, 0.1) is 0 Å². The monoisotopic (exact) mass is 257 g/mol. The number of carbonyl (C=O) groups is 1. The van der Waals surface area contributed by atoms with E-state index in [-0.39, 0.29) is 11.9 Å². The normalized spacial score (nSPS) is 10.8. The van der Waals surface area contributed by atoms with Crippen LogP contribution in [-0.2, 0) is 0 Å². The zero-order chi connectivity index (χ0) is 14.0. The third-order valence-electron chi connectivity index (χ3n) is 3.29. The average molecular weight is 257 g/mol. The lowest BCUT2D eigenvalue weighted by molar-refractivity contribution is 0.0749. The molecule has 2 rings (SSSR count). The Morgan fingerprint density at radius 3 is 2.63 bits per heavy atom. The largest absolute Gasteiger partial charge is 0.373 e. The number of nitrogens with one attached hydrogen (secondary N) is 1. The standard InChI is InChI=1S/C15H19N3O/c1-10(2)18(4)15(19)13-9-11-7-5-6-8-12(11)14(16-3)17-13/h5-10H,1-4H3,(H,16,17). The number of rotatable bonds is 3. The Morgan fingerprint density at radius 2 is 2.00 bits per heavy atom. The van der Waals surface area contributed by atoms with Crippen molar-refractivity contribution in [1.82, 2.24) is 9.88 Å². The second-order valence-electron chi connectivity index (χ2n) is 4.84. The van der Waals surface area contributed by atoms with E-state index >= 15 is 0 Å². The number of fused-ring (bicyclic) bond motifs is 1. The first kappa shape index (κ1) is 13.3. The molecule has 2 aromatic rings. The van der Waals surface area contributed by atoms with Crippen molar-refractivity contribution >= 4 is 22.5 Å². The minimum atomic E-state index is -0.0581. The van der Waals surface area contributed by atoms with Crippen LogP contribution in [-0.4, -0.2) is 35.9 Å². The number of amides is 1. The molecule has 0 saturated carbocycles. The number of aromatic nitrogens is 1. The number of hydrogen-bond donors (Lipinski definition) is 1. The second kappa shape index (κ2) is 5.26. The Labute approximate surface area is 113 Å². The van der Waals surface area contributed by atoms with Crippen LogP contribution >= 0.6 is 0 Å². The fourth-order valence-electron chi connectivity index (χ4n) is 1.91. The minimum absolute atomic E-state index is 0.0581. The van der Waals surface area contributed by atoms with E-state index in [4.69, 9.17) is 0 Å². The first-order valence-electron chi connectivity index (χ1n) is 6.39. The predicted octanol–water partition coefficient (Wildman–Crippen LogP) is 2.76. The Bertz CT molecular complexity index is 607. The lowest BCUT2D eigenvalue weighted by Crippen LogP contribution is -2.33. The van der Waals surface area contributed by atoms with Crippen molar-refractivity contribution in [3.63, 3.8) is 0 Å². The maximum absolute atomic E-state index is 12.3. The van der Waals surface area contributed by atoms with Gasteiger partial charge in [0.15, 0.2) is 0 Å². The van der Waals surface area contributed by atoms with Crippen LogP contribution in [0.1, 0.15) is 24.3 Å². The van der Waals surface area contributed by atoms with Crippen LogP contribution in [0.5, 0.6) is 0 Å². The highest BCUT2D eigenvalue weighted by molar-refractivity contribution is 6.00. The van der Waals surface area contributed by atoms with E-state index < -0.39 is 0 Å². The van der Waals surface area contributed by atoms with Crippen LogP contribution < -0.4 is 5.32 Å². The molecule has 0 radical (unpaired) electrons. The molecule has 19 heavy (non-hydrogen) atoms. The van der Waals surface area contributed by atoms with Crippen molar-refractivity contribution < 1.29 is 4.79 Å². The van der Waals surface area contributed by atoms with Crippen molar-refractivity contribution in [2.45, 2.75) is 19.9 Å². The van der Waals surface area contributed by atoms with Crippen molar-refractivity contribution in [3.8, 4) is 0 Å². The number of nitrogens with zero attached hydrogens (tertiary/aromatic N) is 2. The molecule has 4 heteroatoms. The molecule has 4 nitrogen and oxygen atoms in total. The smallest absolute Gasteiger partial charge is 0.272 e. The van der Waals surface area contributed by atoms with Gasteiger partial charge in [0, 0.05) is 25.5 Å². The molecule has 0 bridgehead atoms. The first-order valence-corrected chi connectivity index (χ1v) is 6.39. The van der Waals surface area contributed by atoms with Crippen LogP contribution in [0.4, 0.5) is 5.82 Å². The molecule has 0 atom stereocenters. The molecule has 1 aromatic carbocycles. The molecule has 0 fully saturated rings. The van der Waals surface area contributed by atoms with E-state index in [9.17, 15) is 4.79 Å². The van der Waals surface area contributed by atoms with Crippen LogP contribution in [0.15, 0.2) is 30.3 Å². The van der Waals surface area contributed by atoms with Gasteiger partial charge in [0.25, 0.3) is 5.91 Å². The van der Waals surface area contributed by atoms with E-state index in [0.717, 1.165) is 16.6 Å². The third-order valence-corrected chi connectivity index (χ3v) is 3.29. The molecule has 1 aromatic heterocycles. The third kappa shape index (κ3) is 2.52. The van der Waals surface area contributed by atoms with Crippen molar-refractivity contribution in [1.29, 1.82) is 0 Å². The molecule has 1 heterocycles. The van der Waals surface area contributed by atoms with Crippen LogP contribution in [0.2, 0.25) is 0 Å². The molecule has 0 aliphatic heterocycles. The molecular weight excluding hydrogens is 238 g/mol. The summed E-state index contributed by atoms with van der Waals surface area (Å²) in [6.07, 6.45) is 0. The molecule has 0 aliphatic carbocycles. The van der Waals surface area contributed by atoms with Gasteiger partial charge in [-0.1, -0.05) is 24.3 Å². The summed E-state index contributed by atoms with van der Waals surface area (Å²) in [4.78, 5) is 18.4. The molecule has 0 saturated heterocycles. The van der Waals surface area contributed by atoms with Gasteiger partial charge < -0.3 is 10.2 Å². The summed E-state index contributed by atoms with van der Waals surface area (Å²) in [5.74, 6) is 0.677. The minimum Gasteiger partial charge on any atom is -0.373 e. The number of pyridine rings is 1. The average Bonchev–Trinajstić information content (AvgIpc) is 2.44. The van der Waals surface area contributed by atoms with E-state index in [0.29, 0.717) is 5.69 Å². The summed E-state index contributed by atoms with van der Waals surface area (Å²) in [6.45, 7) is 3.97. The lowest BCUT2D eigenvalue weighted by atomic mass is 10.1. The summed E-state index contributed by atoms with van der Waals surface area (Å²) in [7, 11) is 3.61. The van der Waals surface area contributed by atoms with E-state index in [1.54, 1.807) is 11.9 Å². The SMILES string of the molecule is CNc1nc(C(=O)N(C)C(C)C)cc2ccccc12. The highest BCUT2D eigenvalue weighted by Gasteiger charge is 2.17. The fraction of sp³-hybridized carbons (Fsp3) is 0.333.